The second kappa shape index (κ2) is 5.45. The topological polar surface area (TPSA) is 76.2 Å². The molecule has 7 nitrogen and oxygen atoms in total. The van der Waals surface area contributed by atoms with Gasteiger partial charge in [0.15, 0.2) is 5.69 Å². The smallest absolute Gasteiger partial charge is 0.275 e. The summed E-state index contributed by atoms with van der Waals surface area (Å²) in [5.74, 6) is -0.165. The lowest BCUT2D eigenvalue weighted by Crippen LogP contribution is -2.46. The second-order valence-corrected chi connectivity index (χ2v) is 6.21. The largest absolute Gasteiger partial charge is 0.394 e. The first-order valence-electron chi connectivity index (χ1n) is 7.92. The first-order chi connectivity index (χ1) is 11.6. The molecule has 0 saturated heterocycles. The van der Waals surface area contributed by atoms with Gasteiger partial charge in [0, 0.05) is 31.6 Å². The number of nitrogens with zero attached hydrogens (tertiary/aromatic N) is 5. The van der Waals surface area contributed by atoms with E-state index in [2.05, 4.69) is 10.1 Å². The zero-order valence-electron chi connectivity index (χ0n) is 13.7. The molecule has 1 aromatic carbocycles. The Morgan fingerprint density at radius 3 is 2.92 bits per heavy atom. The zero-order valence-corrected chi connectivity index (χ0v) is 13.7. The average Bonchev–Trinajstić information content (AvgIpc) is 3.14. The van der Waals surface area contributed by atoms with Gasteiger partial charge in [0.1, 0.15) is 0 Å². The SMILES string of the molecule is Cn1cnc2c1CC(CO)N(C(=O)c1nn(C)c3ccccc13)C2. The molecule has 1 aliphatic rings. The molecular weight excluding hydrogens is 306 g/mol. The van der Waals surface area contributed by atoms with Crippen molar-refractivity contribution < 1.29 is 9.90 Å². The molecule has 124 valence electrons. The number of aliphatic hydroxyl groups excluding tert-OH is 1. The number of fused-ring (bicyclic) bond motifs is 2. The lowest BCUT2D eigenvalue weighted by atomic mass is 10.0. The van der Waals surface area contributed by atoms with Gasteiger partial charge in [-0.3, -0.25) is 9.48 Å². The molecule has 0 spiro atoms. The van der Waals surface area contributed by atoms with E-state index in [-0.39, 0.29) is 18.6 Å². The predicted octanol–water partition coefficient (Wildman–Crippen LogP) is 0.866. The summed E-state index contributed by atoms with van der Waals surface area (Å²) in [4.78, 5) is 19.2. The quantitative estimate of drug-likeness (QED) is 0.758. The van der Waals surface area contributed by atoms with Crippen molar-refractivity contribution in [2.24, 2.45) is 14.1 Å². The second-order valence-electron chi connectivity index (χ2n) is 6.21. The van der Waals surface area contributed by atoms with Crippen LogP contribution in [0.4, 0.5) is 0 Å². The Kier molecular flexibility index (Phi) is 3.38. The van der Waals surface area contributed by atoms with E-state index < -0.39 is 0 Å². The molecule has 4 rings (SSSR count). The zero-order chi connectivity index (χ0) is 16.8. The van der Waals surface area contributed by atoms with Crippen LogP contribution in [0.15, 0.2) is 30.6 Å². The molecule has 0 fully saturated rings. The van der Waals surface area contributed by atoms with Gasteiger partial charge in [0.2, 0.25) is 0 Å². The van der Waals surface area contributed by atoms with Crippen LogP contribution in [-0.2, 0) is 27.1 Å². The fourth-order valence-electron chi connectivity index (χ4n) is 3.43. The minimum Gasteiger partial charge on any atom is -0.394 e. The lowest BCUT2D eigenvalue weighted by molar-refractivity contribution is 0.0531. The van der Waals surface area contributed by atoms with E-state index in [4.69, 9.17) is 0 Å². The summed E-state index contributed by atoms with van der Waals surface area (Å²) in [7, 11) is 3.76. The third kappa shape index (κ3) is 2.12. The monoisotopic (exact) mass is 325 g/mol. The number of hydrogen-bond donors (Lipinski definition) is 1. The molecule has 1 amide bonds. The number of aromatic nitrogens is 4. The summed E-state index contributed by atoms with van der Waals surface area (Å²) >= 11 is 0. The lowest BCUT2D eigenvalue weighted by Gasteiger charge is -2.34. The number of aliphatic hydroxyl groups is 1. The van der Waals surface area contributed by atoms with E-state index >= 15 is 0 Å². The highest BCUT2D eigenvalue weighted by molar-refractivity contribution is 6.05. The molecular formula is C17H19N5O2. The number of carbonyl (C=O) groups is 1. The molecule has 24 heavy (non-hydrogen) atoms. The summed E-state index contributed by atoms with van der Waals surface area (Å²) in [6.07, 6.45) is 2.35. The molecule has 3 heterocycles. The highest BCUT2D eigenvalue weighted by Gasteiger charge is 2.34. The van der Waals surface area contributed by atoms with E-state index in [0.29, 0.717) is 18.7 Å². The van der Waals surface area contributed by atoms with E-state index in [1.807, 2.05) is 42.9 Å². The number of benzene rings is 1. The number of rotatable bonds is 2. The minimum atomic E-state index is -0.263. The maximum atomic E-state index is 13.1. The predicted molar refractivity (Wildman–Crippen MR) is 88.4 cm³/mol. The maximum absolute atomic E-state index is 13.1. The van der Waals surface area contributed by atoms with Crippen LogP contribution in [0.2, 0.25) is 0 Å². The third-order valence-corrected chi connectivity index (χ3v) is 4.77. The Bertz CT molecular complexity index is 926. The van der Waals surface area contributed by atoms with Crippen molar-refractivity contribution >= 4 is 16.8 Å². The van der Waals surface area contributed by atoms with Gasteiger partial charge in [0.25, 0.3) is 5.91 Å². The van der Waals surface area contributed by atoms with Crippen LogP contribution >= 0.6 is 0 Å². The first-order valence-corrected chi connectivity index (χ1v) is 7.92. The van der Waals surface area contributed by atoms with Crippen molar-refractivity contribution in [2.45, 2.75) is 19.0 Å². The van der Waals surface area contributed by atoms with Crippen molar-refractivity contribution in [2.75, 3.05) is 6.61 Å². The van der Waals surface area contributed by atoms with Crippen LogP contribution in [0.5, 0.6) is 0 Å². The van der Waals surface area contributed by atoms with Gasteiger partial charge < -0.3 is 14.6 Å². The highest BCUT2D eigenvalue weighted by Crippen LogP contribution is 2.26. The molecule has 3 aromatic rings. The summed E-state index contributed by atoms with van der Waals surface area (Å²) < 4.78 is 3.67. The Hall–Kier alpha value is -2.67. The minimum absolute atomic E-state index is 0.0822. The highest BCUT2D eigenvalue weighted by atomic mass is 16.3. The Morgan fingerprint density at radius 2 is 2.12 bits per heavy atom. The molecule has 1 atom stereocenters. The summed E-state index contributed by atoms with van der Waals surface area (Å²) in [6, 6.07) is 7.41. The fraction of sp³-hybridized carbons (Fsp3) is 0.353. The Morgan fingerprint density at radius 1 is 1.33 bits per heavy atom. The molecule has 0 saturated carbocycles. The Balaban J connectivity index is 1.75. The van der Waals surface area contributed by atoms with Gasteiger partial charge in [-0.15, -0.1) is 0 Å². The van der Waals surface area contributed by atoms with Gasteiger partial charge in [-0.05, 0) is 6.07 Å². The van der Waals surface area contributed by atoms with Gasteiger partial charge in [-0.2, -0.15) is 5.10 Å². The first kappa shape index (κ1) is 14.9. The van der Waals surface area contributed by atoms with Gasteiger partial charge in [-0.1, -0.05) is 18.2 Å². The van der Waals surface area contributed by atoms with Crippen LogP contribution < -0.4 is 0 Å². The van der Waals surface area contributed by atoms with Crippen molar-refractivity contribution in [1.82, 2.24) is 24.2 Å². The number of carbonyl (C=O) groups excluding carboxylic acids is 1. The molecule has 0 bridgehead atoms. The van der Waals surface area contributed by atoms with Crippen molar-refractivity contribution in [3.8, 4) is 0 Å². The molecule has 0 radical (unpaired) electrons. The number of aryl methyl sites for hydroxylation is 2. The molecule has 0 aliphatic carbocycles. The number of hydrogen-bond acceptors (Lipinski definition) is 4. The number of para-hydroxylation sites is 1. The maximum Gasteiger partial charge on any atom is 0.275 e. The normalized spacial score (nSPS) is 17.3. The summed E-state index contributed by atoms with van der Waals surface area (Å²) in [5, 5.41) is 15.0. The summed E-state index contributed by atoms with van der Waals surface area (Å²) in [5.41, 5.74) is 3.29. The van der Waals surface area contributed by atoms with E-state index in [9.17, 15) is 9.90 Å². The molecule has 1 aliphatic heterocycles. The standard InChI is InChI=1S/C17H19N5O2/c1-20-10-18-13-8-22(11(9-23)7-15(13)20)17(24)16-12-5-3-4-6-14(12)21(2)19-16/h3-6,10-11,23H,7-9H2,1-2H3. The van der Waals surface area contributed by atoms with Crippen LogP contribution in [0, 0.1) is 0 Å². The molecule has 1 N–H and O–H groups in total. The van der Waals surface area contributed by atoms with Crippen LogP contribution in [0.25, 0.3) is 10.9 Å². The van der Waals surface area contributed by atoms with Gasteiger partial charge in [0.05, 0.1) is 36.7 Å². The van der Waals surface area contributed by atoms with Crippen molar-refractivity contribution in [3.05, 3.63) is 47.7 Å². The van der Waals surface area contributed by atoms with E-state index in [0.717, 1.165) is 22.3 Å². The average molecular weight is 325 g/mol. The third-order valence-electron chi connectivity index (χ3n) is 4.77. The van der Waals surface area contributed by atoms with Crippen LogP contribution in [0.1, 0.15) is 21.9 Å². The van der Waals surface area contributed by atoms with Gasteiger partial charge in [-0.25, -0.2) is 4.98 Å². The Labute approximate surface area is 139 Å². The molecule has 1 unspecified atom stereocenters. The molecule has 2 aromatic heterocycles. The molecule has 7 heteroatoms. The number of imidazole rings is 1. The van der Waals surface area contributed by atoms with Crippen molar-refractivity contribution in [3.63, 3.8) is 0 Å². The fourth-order valence-corrected chi connectivity index (χ4v) is 3.43. The summed E-state index contributed by atoms with van der Waals surface area (Å²) in [6.45, 7) is 0.312. The van der Waals surface area contributed by atoms with Crippen LogP contribution in [0.3, 0.4) is 0 Å². The van der Waals surface area contributed by atoms with E-state index in [1.54, 1.807) is 15.9 Å². The van der Waals surface area contributed by atoms with Crippen molar-refractivity contribution in [1.29, 1.82) is 0 Å². The van der Waals surface area contributed by atoms with Gasteiger partial charge >= 0.3 is 0 Å². The van der Waals surface area contributed by atoms with Crippen LogP contribution in [-0.4, -0.2) is 47.9 Å². The van der Waals surface area contributed by atoms with E-state index in [1.165, 1.54) is 0 Å². The number of amides is 1.